The second kappa shape index (κ2) is 12.7. The van der Waals surface area contributed by atoms with Crippen molar-refractivity contribution in [3.05, 3.63) is 52.0 Å². The predicted molar refractivity (Wildman–Crippen MR) is 149 cm³/mol. The standard InChI is InChI=1S/C29H40N4O3S/c1-5-21(6-2)33-26-12-11-20(16-24(26)31-27(33)17-23-10-8-14-37-23)28(34)32-25(15-19(3)4)29(35)30-18-22-9-7-13-36-22/h8,10-12,14,16,19,21-22,25H,5-7,9,13,15,17-18H2,1-4H3,(H,30,35)(H,32,34)/t22-,25-/m0/s1. The number of hydrogen-bond donors (Lipinski definition) is 2. The number of ether oxygens (including phenoxy) is 1. The van der Waals surface area contributed by atoms with Crippen LogP contribution >= 0.6 is 11.3 Å². The summed E-state index contributed by atoms with van der Waals surface area (Å²) in [4.78, 5) is 32.5. The number of hydrogen-bond acceptors (Lipinski definition) is 5. The van der Waals surface area contributed by atoms with Crippen molar-refractivity contribution in [3.8, 4) is 0 Å². The summed E-state index contributed by atoms with van der Waals surface area (Å²) < 4.78 is 7.97. The van der Waals surface area contributed by atoms with Crippen molar-refractivity contribution in [2.24, 2.45) is 5.92 Å². The van der Waals surface area contributed by atoms with Crippen LogP contribution in [0.4, 0.5) is 0 Å². The summed E-state index contributed by atoms with van der Waals surface area (Å²) in [6.07, 6.45) is 5.41. The van der Waals surface area contributed by atoms with Crippen molar-refractivity contribution < 1.29 is 14.3 Å². The Balaban J connectivity index is 1.55. The van der Waals surface area contributed by atoms with Crippen molar-refractivity contribution in [2.45, 2.75) is 84.4 Å². The fraction of sp³-hybridized carbons (Fsp3) is 0.552. The average Bonchev–Trinajstić information content (AvgIpc) is 3.65. The zero-order valence-electron chi connectivity index (χ0n) is 22.5. The molecule has 3 aromatic rings. The van der Waals surface area contributed by atoms with E-state index in [2.05, 4.69) is 60.4 Å². The Morgan fingerprint density at radius 1 is 1.22 bits per heavy atom. The van der Waals surface area contributed by atoms with Gasteiger partial charge in [0.1, 0.15) is 11.9 Å². The first kappa shape index (κ1) is 27.3. The molecule has 2 atom stereocenters. The summed E-state index contributed by atoms with van der Waals surface area (Å²) in [6.45, 7) is 9.74. The third-order valence-corrected chi connectivity index (χ3v) is 7.98. The molecule has 200 valence electrons. The maximum Gasteiger partial charge on any atom is 0.252 e. The molecule has 7 nitrogen and oxygen atoms in total. The highest BCUT2D eigenvalue weighted by atomic mass is 32.1. The van der Waals surface area contributed by atoms with Crippen molar-refractivity contribution in [1.29, 1.82) is 0 Å². The number of nitrogens with one attached hydrogen (secondary N) is 2. The molecule has 1 aliphatic heterocycles. The zero-order valence-corrected chi connectivity index (χ0v) is 23.3. The van der Waals surface area contributed by atoms with Crippen molar-refractivity contribution >= 4 is 34.2 Å². The first-order valence-electron chi connectivity index (χ1n) is 13.6. The van der Waals surface area contributed by atoms with Crippen molar-refractivity contribution in [3.63, 3.8) is 0 Å². The maximum absolute atomic E-state index is 13.3. The molecule has 2 N–H and O–H groups in total. The highest BCUT2D eigenvalue weighted by molar-refractivity contribution is 7.09. The molecule has 8 heteroatoms. The number of carbonyl (C=O) groups excluding carboxylic acids is 2. The number of amides is 2. The van der Waals surface area contributed by atoms with E-state index >= 15 is 0 Å². The van der Waals surface area contributed by atoms with Crippen LogP contribution in [-0.2, 0) is 16.0 Å². The molecule has 1 aliphatic rings. The SMILES string of the molecule is CCC(CC)n1c(Cc2cccs2)nc2cc(C(=O)N[C@@H](CC(C)C)C(=O)NC[C@@H]3CCCO3)ccc21. The first-order valence-corrected chi connectivity index (χ1v) is 14.5. The highest BCUT2D eigenvalue weighted by Gasteiger charge is 2.25. The third kappa shape index (κ3) is 6.79. The van der Waals surface area contributed by atoms with E-state index < -0.39 is 6.04 Å². The zero-order chi connectivity index (χ0) is 26.4. The lowest BCUT2D eigenvalue weighted by atomic mass is 10.0. The Morgan fingerprint density at radius 3 is 2.68 bits per heavy atom. The second-order valence-corrected chi connectivity index (χ2v) is 11.4. The van der Waals surface area contributed by atoms with Gasteiger partial charge in [-0.2, -0.15) is 0 Å². The molecule has 0 bridgehead atoms. The summed E-state index contributed by atoms with van der Waals surface area (Å²) in [5, 5.41) is 8.05. The molecule has 37 heavy (non-hydrogen) atoms. The summed E-state index contributed by atoms with van der Waals surface area (Å²) >= 11 is 1.73. The molecule has 0 radical (unpaired) electrons. The lowest BCUT2D eigenvalue weighted by molar-refractivity contribution is -0.123. The van der Waals surface area contributed by atoms with Crippen molar-refractivity contribution in [2.75, 3.05) is 13.2 Å². The van der Waals surface area contributed by atoms with Gasteiger partial charge in [-0.15, -0.1) is 11.3 Å². The first-order chi connectivity index (χ1) is 17.9. The molecule has 3 heterocycles. The number of nitrogens with zero attached hydrogens (tertiary/aromatic N) is 2. The smallest absolute Gasteiger partial charge is 0.252 e. The second-order valence-electron chi connectivity index (χ2n) is 10.4. The van der Waals surface area contributed by atoms with Crippen LogP contribution in [0, 0.1) is 5.92 Å². The largest absolute Gasteiger partial charge is 0.376 e. The van der Waals surface area contributed by atoms with Gasteiger partial charge in [-0.3, -0.25) is 9.59 Å². The molecular formula is C29H40N4O3S. The molecular weight excluding hydrogens is 484 g/mol. The Morgan fingerprint density at radius 2 is 2.03 bits per heavy atom. The maximum atomic E-state index is 13.3. The van der Waals surface area contributed by atoms with E-state index in [1.807, 2.05) is 18.2 Å². The quantitative estimate of drug-likeness (QED) is 0.328. The van der Waals surface area contributed by atoms with E-state index in [4.69, 9.17) is 9.72 Å². The lowest BCUT2D eigenvalue weighted by Gasteiger charge is -2.21. The Bertz CT molecular complexity index is 1180. The molecule has 0 spiro atoms. The van der Waals surface area contributed by atoms with E-state index in [0.29, 0.717) is 24.6 Å². The number of carbonyl (C=O) groups is 2. The van der Waals surface area contributed by atoms with Crippen LogP contribution in [0.2, 0.25) is 0 Å². The van der Waals surface area contributed by atoms with Gasteiger partial charge in [-0.25, -0.2) is 4.98 Å². The van der Waals surface area contributed by atoms with Gasteiger partial charge in [0.25, 0.3) is 5.91 Å². The number of imidazole rings is 1. The van der Waals surface area contributed by atoms with Crippen LogP contribution in [0.1, 0.15) is 86.9 Å². The molecule has 2 amide bonds. The minimum Gasteiger partial charge on any atom is -0.376 e. The van der Waals surface area contributed by atoms with Crippen molar-refractivity contribution in [1.82, 2.24) is 20.2 Å². The summed E-state index contributed by atoms with van der Waals surface area (Å²) in [5.74, 6) is 0.873. The summed E-state index contributed by atoms with van der Waals surface area (Å²) in [6, 6.07) is 9.67. The van der Waals surface area contributed by atoms with E-state index in [9.17, 15) is 9.59 Å². The minimum absolute atomic E-state index is 0.0651. The average molecular weight is 525 g/mol. The lowest BCUT2D eigenvalue weighted by Crippen LogP contribution is -2.48. The number of fused-ring (bicyclic) bond motifs is 1. The van der Waals surface area contributed by atoms with E-state index in [1.54, 1.807) is 11.3 Å². The van der Waals surface area contributed by atoms with Crippen LogP contribution in [0.25, 0.3) is 11.0 Å². The number of thiophene rings is 1. The molecule has 0 saturated carbocycles. The van der Waals surface area contributed by atoms with Gasteiger partial charge < -0.3 is 19.9 Å². The fourth-order valence-electron chi connectivity index (χ4n) is 5.13. The third-order valence-electron chi connectivity index (χ3n) is 7.10. The molecule has 1 aromatic carbocycles. The monoisotopic (exact) mass is 524 g/mol. The van der Waals surface area contributed by atoms with Gasteiger partial charge in [0.2, 0.25) is 5.91 Å². The van der Waals surface area contributed by atoms with Gasteiger partial charge >= 0.3 is 0 Å². The molecule has 1 fully saturated rings. The predicted octanol–water partition coefficient (Wildman–Crippen LogP) is 5.49. The number of rotatable bonds is 12. The van der Waals surface area contributed by atoms with E-state index in [-0.39, 0.29) is 23.8 Å². The molecule has 0 unspecified atom stereocenters. The van der Waals surface area contributed by atoms with Crippen LogP contribution in [0.15, 0.2) is 35.7 Å². The molecule has 4 rings (SSSR count). The Kier molecular flexibility index (Phi) is 9.38. The Labute approximate surface area is 224 Å². The molecule has 2 aromatic heterocycles. The topological polar surface area (TPSA) is 85.2 Å². The van der Waals surface area contributed by atoms with Gasteiger partial charge in [0, 0.05) is 36.1 Å². The van der Waals surface area contributed by atoms with Gasteiger partial charge in [-0.05, 0) is 67.7 Å². The molecule has 1 saturated heterocycles. The number of benzene rings is 1. The van der Waals surface area contributed by atoms with Crippen LogP contribution < -0.4 is 10.6 Å². The number of aromatic nitrogens is 2. The van der Waals surface area contributed by atoms with Gasteiger partial charge in [0.05, 0.1) is 17.1 Å². The van der Waals surface area contributed by atoms with Crippen LogP contribution in [0.5, 0.6) is 0 Å². The van der Waals surface area contributed by atoms with E-state index in [0.717, 1.165) is 55.6 Å². The van der Waals surface area contributed by atoms with Crippen LogP contribution in [-0.4, -0.2) is 46.7 Å². The normalized spacial score (nSPS) is 16.5. The Hall–Kier alpha value is -2.71. The van der Waals surface area contributed by atoms with E-state index in [1.165, 1.54) is 4.88 Å². The minimum atomic E-state index is -0.596. The summed E-state index contributed by atoms with van der Waals surface area (Å²) in [7, 11) is 0. The summed E-state index contributed by atoms with van der Waals surface area (Å²) in [5.41, 5.74) is 2.38. The van der Waals surface area contributed by atoms with Gasteiger partial charge in [0.15, 0.2) is 0 Å². The molecule has 0 aliphatic carbocycles. The fourth-order valence-corrected chi connectivity index (χ4v) is 5.83. The highest BCUT2D eigenvalue weighted by Crippen LogP contribution is 2.28. The van der Waals surface area contributed by atoms with Gasteiger partial charge in [-0.1, -0.05) is 33.8 Å². The van der Waals surface area contributed by atoms with Crippen LogP contribution in [0.3, 0.4) is 0 Å².